The Balaban J connectivity index is 1.70. The standard InChI is InChI=1S/C14H16ClNO2/c15-10-3-1-9(2-4-10)14(5-6-14)13(18)16-11-7-12(17)8-11/h1-4,11-12,17H,5-8H2,(H,16,18). The lowest BCUT2D eigenvalue weighted by atomic mass is 9.87. The number of hydrogen-bond donors (Lipinski definition) is 2. The van der Waals surface area contributed by atoms with Crippen LogP contribution in [0.3, 0.4) is 0 Å². The number of nitrogens with one attached hydrogen (secondary N) is 1. The lowest BCUT2D eigenvalue weighted by molar-refractivity contribution is -0.125. The lowest BCUT2D eigenvalue weighted by Gasteiger charge is -2.33. The minimum Gasteiger partial charge on any atom is -0.393 e. The van der Waals surface area contributed by atoms with Gasteiger partial charge in [0.2, 0.25) is 5.91 Å². The van der Waals surface area contributed by atoms with Crippen molar-refractivity contribution < 1.29 is 9.90 Å². The van der Waals surface area contributed by atoms with Gasteiger partial charge in [-0.1, -0.05) is 23.7 Å². The largest absolute Gasteiger partial charge is 0.393 e. The highest BCUT2D eigenvalue weighted by molar-refractivity contribution is 6.30. The van der Waals surface area contributed by atoms with Crippen molar-refractivity contribution in [2.75, 3.05) is 0 Å². The van der Waals surface area contributed by atoms with Crippen LogP contribution < -0.4 is 5.32 Å². The van der Waals surface area contributed by atoms with Gasteiger partial charge in [-0.15, -0.1) is 0 Å². The summed E-state index contributed by atoms with van der Waals surface area (Å²) in [6.07, 6.45) is 2.93. The van der Waals surface area contributed by atoms with Crippen LogP contribution in [0, 0.1) is 0 Å². The summed E-state index contributed by atoms with van der Waals surface area (Å²) in [6, 6.07) is 7.68. The van der Waals surface area contributed by atoms with E-state index in [1.54, 1.807) is 0 Å². The van der Waals surface area contributed by atoms with Crippen LogP contribution >= 0.6 is 11.6 Å². The first-order valence-corrected chi connectivity index (χ1v) is 6.73. The van der Waals surface area contributed by atoms with Gasteiger partial charge in [0.15, 0.2) is 0 Å². The van der Waals surface area contributed by atoms with Crippen LogP contribution in [0.1, 0.15) is 31.2 Å². The minimum absolute atomic E-state index is 0.0988. The van der Waals surface area contributed by atoms with Crippen LogP contribution in [0.4, 0.5) is 0 Å². The van der Waals surface area contributed by atoms with Crippen molar-refractivity contribution in [1.82, 2.24) is 5.32 Å². The molecule has 0 saturated heterocycles. The maximum atomic E-state index is 12.3. The maximum Gasteiger partial charge on any atom is 0.230 e. The zero-order valence-electron chi connectivity index (χ0n) is 10.0. The Labute approximate surface area is 111 Å². The third-order valence-electron chi connectivity index (χ3n) is 4.03. The molecular weight excluding hydrogens is 250 g/mol. The zero-order chi connectivity index (χ0) is 12.8. The molecular formula is C14H16ClNO2. The summed E-state index contributed by atoms with van der Waals surface area (Å²) in [5.74, 6) is 0.0988. The Kier molecular flexibility index (Phi) is 2.83. The topological polar surface area (TPSA) is 49.3 Å². The Morgan fingerprint density at radius 3 is 2.39 bits per heavy atom. The fourth-order valence-corrected chi connectivity index (χ4v) is 2.70. The van der Waals surface area contributed by atoms with Crippen molar-refractivity contribution in [3.8, 4) is 0 Å². The number of amides is 1. The highest BCUT2D eigenvalue weighted by atomic mass is 35.5. The molecule has 1 amide bonds. The molecule has 4 heteroatoms. The van der Waals surface area contributed by atoms with Crippen molar-refractivity contribution in [3.63, 3.8) is 0 Å². The van der Waals surface area contributed by atoms with Gasteiger partial charge in [0.05, 0.1) is 11.5 Å². The highest BCUT2D eigenvalue weighted by Gasteiger charge is 2.52. The third-order valence-corrected chi connectivity index (χ3v) is 4.28. The second-order valence-corrected chi connectivity index (χ2v) is 5.82. The quantitative estimate of drug-likeness (QED) is 0.878. The summed E-state index contributed by atoms with van der Waals surface area (Å²) < 4.78 is 0. The summed E-state index contributed by atoms with van der Waals surface area (Å²) in [6.45, 7) is 0. The van der Waals surface area contributed by atoms with Crippen LogP contribution in [-0.4, -0.2) is 23.2 Å². The molecule has 0 unspecified atom stereocenters. The number of benzene rings is 1. The van der Waals surface area contributed by atoms with Gasteiger partial charge >= 0.3 is 0 Å². The van der Waals surface area contributed by atoms with Gasteiger partial charge in [-0.2, -0.15) is 0 Å². The molecule has 3 rings (SSSR count). The second kappa shape index (κ2) is 4.25. The van der Waals surface area contributed by atoms with Gasteiger partial charge in [-0.05, 0) is 43.4 Å². The Morgan fingerprint density at radius 1 is 1.28 bits per heavy atom. The lowest BCUT2D eigenvalue weighted by Crippen LogP contribution is -2.49. The molecule has 2 aliphatic carbocycles. The molecule has 0 radical (unpaired) electrons. The van der Waals surface area contributed by atoms with Crippen LogP contribution in [0.25, 0.3) is 0 Å². The number of hydrogen-bond acceptors (Lipinski definition) is 2. The number of rotatable bonds is 3. The van der Waals surface area contributed by atoms with E-state index in [0.29, 0.717) is 17.9 Å². The van der Waals surface area contributed by atoms with Gasteiger partial charge in [0.25, 0.3) is 0 Å². The van der Waals surface area contributed by atoms with Crippen LogP contribution in [0.2, 0.25) is 5.02 Å². The third kappa shape index (κ3) is 2.02. The molecule has 0 bridgehead atoms. The summed E-state index contributed by atoms with van der Waals surface area (Å²) in [7, 11) is 0. The summed E-state index contributed by atoms with van der Waals surface area (Å²) >= 11 is 5.87. The van der Waals surface area contributed by atoms with Gasteiger partial charge < -0.3 is 10.4 Å². The molecule has 0 aliphatic heterocycles. The van der Waals surface area contributed by atoms with Gasteiger partial charge in [-0.3, -0.25) is 4.79 Å². The molecule has 96 valence electrons. The molecule has 2 saturated carbocycles. The van der Waals surface area contributed by atoms with E-state index >= 15 is 0 Å². The van der Waals surface area contributed by atoms with E-state index in [2.05, 4.69) is 5.32 Å². The molecule has 0 atom stereocenters. The second-order valence-electron chi connectivity index (χ2n) is 5.38. The first-order chi connectivity index (χ1) is 8.60. The molecule has 0 aromatic heterocycles. The van der Waals surface area contributed by atoms with Crippen molar-refractivity contribution in [3.05, 3.63) is 34.9 Å². The molecule has 2 fully saturated rings. The predicted octanol–water partition coefficient (Wildman–Crippen LogP) is 2.01. The smallest absolute Gasteiger partial charge is 0.230 e. The normalized spacial score (nSPS) is 28.3. The SMILES string of the molecule is O=C(NC1CC(O)C1)C1(c2ccc(Cl)cc2)CC1. The van der Waals surface area contributed by atoms with Gasteiger partial charge in [0.1, 0.15) is 0 Å². The van der Waals surface area contributed by atoms with E-state index in [9.17, 15) is 9.90 Å². The van der Waals surface area contributed by atoms with Crippen molar-refractivity contribution >= 4 is 17.5 Å². The van der Waals surface area contributed by atoms with E-state index < -0.39 is 0 Å². The number of carbonyl (C=O) groups is 1. The Morgan fingerprint density at radius 2 is 1.89 bits per heavy atom. The molecule has 0 spiro atoms. The number of aliphatic hydroxyl groups is 1. The first kappa shape index (κ1) is 12.0. The number of aliphatic hydroxyl groups excluding tert-OH is 1. The van der Waals surface area contributed by atoms with Gasteiger partial charge in [-0.25, -0.2) is 0 Å². The first-order valence-electron chi connectivity index (χ1n) is 6.35. The molecule has 3 nitrogen and oxygen atoms in total. The maximum absolute atomic E-state index is 12.3. The average molecular weight is 266 g/mol. The fraction of sp³-hybridized carbons (Fsp3) is 0.500. The van der Waals surface area contributed by atoms with Gasteiger partial charge in [0, 0.05) is 11.1 Å². The van der Waals surface area contributed by atoms with Crippen LogP contribution in [-0.2, 0) is 10.2 Å². The zero-order valence-corrected chi connectivity index (χ0v) is 10.8. The van der Waals surface area contributed by atoms with E-state index in [1.807, 2.05) is 24.3 Å². The Hall–Kier alpha value is -1.06. The van der Waals surface area contributed by atoms with Crippen LogP contribution in [0.15, 0.2) is 24.3 Å². The van der Waals surface area contributed by atoms with Crippen molar-refractivity contribution in [2.45, 2.75) is 43.2 Å². The monoisotopic (exact) mass is 265 g/mol. The van der Waals surface area contributed by atoms with E-state index in [1.165, 1.54) is 0 Å². The number of halogens is 1. The molecule has 1 aromatic rings. The predicted molar refractivity (Wildman–Crippen MR) is 69.5 cm³/mol. The minimum atomic E-state index is -0.342. The summed E-state index contributed by atoms with van der Waals surface area (Å²) in [4.78, 5) is 12.3. The highest BCUT2D eigenvalue weighted by Crippen LogP contribution is 2.48. The van der Waals surface area contributed by atoms with Crippen LogP contribution in [0.5, 0.6) is 0 Å². The summed E-state index contributed by atoms with van der Waals surface area (Å²) in [5.41, 5.74) is 0.703. The molecule has 18 heavy (non-hydrogen) atoms. The molecule has 2 N–H and O–H groups in total. The number of carbonyl (C=O) groups excluding carboxylic acids is 1. The average Bonchev–Trinajstić information content (AvgIpc) is 3.09. The summed E-state index contributed by atoms with van der Waals surface area (Å²) in [5, 5.41) is 13.0. The van der Waals surface area contributed by atoms with E-state index in [-0.39, 0.29) is 23.5 Å². The van der Waals surface area contributed by atoms with E-state index in [4.69, 9.17) is 11.6 Å². The molecule has 2 aliphatic rings. The fourth-order valence-electron chi connectivity index (χ4n) is 2.57. The van der Waals surface area contributed by atoms with Crippen molar-refractivity contribution in [1.29, 1.82) is 0 Å². The van der Waals surface area contributed by atoms with Crippen molar-refractivity contribution in [2.24, 2.45) is 0 Å². The Bertz CT molecular complexity index is 461. The van der Waals surface area contributed by atoms with E-state index in [0.717, 1.165) is 18.4 Å². The molecule has 1 aromatic carbocycles. The molecule has 0 heterocycles.